The van der Waals surface area contributed by atoms with E-state index in [0.29, 0.717) is 5.76 Å². The molecule has 6 nitrogen and oxygen atoms in total. The van der Waals surface area contributed by atoms with Gasteiger partial charge in [0.2, 0.25) is 0 Å². The largest absolute Gasteiger partial charge is 0.480 e. The van der Waals surface area contributed by atoms with Gasteiger partial charge in [0.05, 0.1) is 12.3 Å². The van der Waals surface area contributed by atoms with Crippen molar-refractivity contribution in [1.29, 1.82) is 0 Å². The molecule has 2 amide bonds. The van der Waals surface area contributed by atoms with Gasteiger partial charge in [0.1, 0.15) is 12.3 Å². The van der Waals surface area contributed by atoms with Crippen molar-refractivity contribution in [2.75, 3.05) is 6.54 Å². The molecule has 1 rings (SSSR count). The zero-order valence-electron chi connectivity index (χ0n) is 8.19. The molecule has 6 heteroatoms. The molecule has 0 aliphatic rings. The molecular weight excluding hydrogens is 200 g/mol. The first kappa shape index (κ1) is 11.1. The Balaban J connectivity index is 2.35. The van der Waals surface area contributed by atoms with Gasteiger partial charge in [0.25, 0.3) is 0 Å². The van der Waals surface area contributed by atoms with Crippen molar-refractivity contribution < 1.29 is 19.1 Å². The maximum atomic E-state index is 11.1. The van der Waals surface area contributed by atoms with Crippen molar-refractivity contribution in [3.8, 4) is 0 Å². The molecule has 1 unspecified atom stereocenters. The van der Waals surface area contributed by atoms with E-state index in [1.807, 2.05) is 0 Å². The van der Waals surface area contributed by atoms with Crippen molar-refractivity contribution in [1.82, 2.24) is 10.6 Å². The fourth-order valence-electron chi connectivity index (χ4n) is 1.01. The van der Waals surface area contributed by atoms with E-state index in [1.54, 1.807) is 19.1 Å². The normalized spacial score (nSPS) is 11.8. The number of amides is 2. The van der Waals surface area contributed by atoms with Crippen molar-refractivity contribution in [3.05, 3.63) is 24.2 Å². The molecule has 0 aliphatic carbocycles. The zero-order valence-corrected chi connectivity index (χ0v) is 8.19. The van der Waals surface area contributed by atoms with Crippen molar-refractivity contribution in [2.24, 2.45) is 0 Å². The van der Waals surface area contributed by atoms with E-state index < -0.39 is 18.5 Å². The first-order chi connectivity index (χ1) is 7.09. The summed E-state index contributed by atoms with van der Waals surface area (Å²) in [4.78, 5) is 21.3. The molecule has 3 N–H and O–H groups in total. The molecule has 15 heavy (non-hydrogen) atoms. The molecule has 0 radical (unpaired) electrons. The number of carboxylic acid groups (broad SMARTS) is 1. The summed E-state index contributed by atoms with van der Waals surface area (Å²) in [5.41, 5.74) is 0. The van der Waals surface area contributed by atoms with E-state index in [0.717, 1.165) is 0 Å². The topological polar surface area (TPSA) is 91.6 Å². The predicted octanol–water partition coefficient (Wildman–Crippen LogP) is 0.724. The summed E-state index contributed by atoms with van der Waals surface area (Å²) in [5.74, 6) is -0.476. The van der Waals surface area contributed by atoms with Crippen LogP contribution < -0.4 is 10.6 Å². The van der Waals surface area contributed by atoms with Crippen LogP contribution in [0.1, 0.15) is 18.7 Å². The summed E-state index contributed by atoms with van der Waals surface area (Å²) in [7, 11) is 0. The van der Waals surface area contributed by atoms with E-state index in [2.05, 4.69) is 10.6 Å². The molecule has 0 spiro atoms. The van der Waals surface area contributed by atoms with Gasteiger partial charge in [-0.15, -0.1) is 0 Å². The van der Waals surface area contributed by atoms with Gasteiger partial charge < -0.3 is 20.2 Å². The van der Waals surface area contributed by atoms with Crippen LogP contribution in [0.3, 0.4) is 0 Å². The Kier molecular flexibility index (Phi) is 3.73. The molecule has 0 fully saturated rings. The van der Waals surface area contributed by atoms with E-state index in [4.69, 9.17) is 9.52 Å². The number of hydrogen-bond donors (Lipinski definition) is 3. The summed E-state index contributed by atoms with van der Waals surface area (Å²) in [6.07, 6.45) is 1.50. The lowest BCUT2D eigenvalue weighted by atomic mass is 10.2. The van der Waals surface area contributed by atoms with Crippen molar-refractivity contribution in [3.63, 3.8) is 0 Å². The Morgan fingerprint density at radius 2 is 2.33 bits per heavy atom. The number of urea groups is 1. The zero-order chi connectivity index (χ0) is 11.3. The monoisotopic (exact) mass is 212 g/mol. The average Bonchev–Trinajstić information content (AvgIpc) is 2.67. The molecule has 0 aliphatic heterocycles. The number of rotatable bonds is 4. The standard InChI is InChI=1S/C9H12N2O4/c1-6(7-3-2-4-15-7)11-9(14)10-5-8(12)13/h2-4,6H,5H2,1H3,(H,12,13)(H2,10,11,14). The third-order valence-electron chi connectivity index (χ3n) is 1.72. The number of furan rings is 1. The van der Waals surface area contributed by atoms with E-state index >= 15 is 0 Å². The van der Waals surface area contributed by atoms with Gasteiger partial charge in [-0.3, -0.25) is 4.79 Å². The second kappa shape index (κ2) is 5.04. The Morgan fingerprint density at radius 3 is 2.87 bits per heavy atom. The molecule has 0 aromatic carbocycles. The van der Waals surface area contributed by atoms with Crippen LogP contribution in [-0.2, 0) is 4.79 Å². The highest BCUT2D eigenvalue weighted by atomic mass is 16.4. The highest BCUT2D eigenvalue weighted by molar-refractivity contribution is 5.79. The lowest BCUT2D eigenvalue weighted by molar-refractivity contribution is -0.135. The highest BCUT2D eigenvalue weighted by Crippen LogP contribution is 2.11. The molecule has 1 heterocycles. The second-order valence-corrected chi connectivity index (χ2v) is 2.96. The Labute approximate surface area is 86.3 Å². The van der Waals surface area contributed by atoms with Crippen LogP contribution in [0.2, 0.25) is 0 Å². The number of hydrogen-bond acceptors (Lipinski definition) is 3. The molecule has 0 saturated heterocycles. The number of aliphatic carboxylic acids is 1. The second-order valence-electron chi connectivity index (χ2n) is 2.96. The minimum atomic E-state index is -1.09. The van der Waals surface area contributed by atoms with Crippen LogP contribution in [0.25, 0.3) is 0 Å². The fraction of sp³-hybridized carbons (Fsp3) is 0.333. The van der Waals surface area contributed by atoms with Crippen LogP contribution >= 0.6 is 0 Å². The Hall–Kier alpha value is -1.98. The van der Waals surface area contributed by atoms with Crippen molar-refractivity contribution in [2.45, 2.75) is 13.0 Å². The van der Waals surface area contributed by atoms with Crippen molar-refractivity contribution >= 4 is 12.0 Å². The highest BCUT2D eigenvalue weighted by Gasteiger charge is 2.11. The molecule has 1 atom stereocenters. The van der Waals surface area contributed by atoms with Gasteiger partial charge >= 0.3 is 12.0 Å². The first-order valence-corrected chi connectivity index (χ1v) is 4.39. The molecule has 0 saturated carbocycles. The number of carboxylic acids is 1. The first-order valence-electron chi connectivity index (χ1n) is 4.39. The summed E-state index contributed by atoms with van der Waals surface area (Å²) < 4.78 is 5.06. The smallest absolute Gasteiger partial charge is 0.323 e. The third-order valence-corrected chi connectivity index (χ3v) is 1.72. The molecule has 1 aromatic rings. The van der Waals surface area contributed by atoms with E-state index in [1.165, 1.54) is 6.26 Å². The lowest BCUT2D eigenvalue weighted by Gasteiger charge is -2.11. The van der Waals surface area contributed by atoms with Crippen LogP contribution in [0.5, 0.6) is 0 Å². The number of carbonyl (C=O) groups excluding carboxylic acids is 1. The summed E-state index contributed by atoms with van der Waals surface area (Å²) in [5, 5.41) is 13.0. The third kappa shape index (κ3) is 3.72. The molecule has 0 bridgehead atoms. The quantitative estimate of drug-likeness (QED) is 0.685. The minimum absolute atomic E-state index is 0.297. The van der Waals surface area contributed by atoms with Gasteiger partial charge in [-0.05, 0) is 19.1 Å². The van der Waals surface area contributed by atoms with Crippen LogP contribution in [0.4, 0.5) is 4.79 Å². The van der Waals surface area contributed by atoms with Gasteiger partial charge in [0.15, 0.2) is 0 Å². The van der Waals surface area contributed by atoms with E-state index in [9.17, 15) is 9.59 Å². The Morgan fingerprint density at radius 1 is 1.60 bits per heavy atom. The van der Waals surface area contributed by atoms with Crippen LogP contribution in [0, 0.1) is 0 Å². The SMILES string of the molecule is CC(NC(=O)NCC(=O)O)c1ccco1. The average molecular weight is 212 g/mol. The van der Waals surface area contributed by atoms with Gasteiger partial charge in [-0.1, -0.05) is 0 Å². The summed E-state index contributed by atoms with van der Waals surface area (Å²) in [6.45, 7) is 1.33. The minimum Gasteiger partial charge on any atom is -0.480 e. The number of carbonyl (C=O) groups is 2. The van der Waals surface area contributed by atoms with Gasteiger partial charge in [-0.25, -0.2) is 4.79 Å². The summed E-state index contributed by atoms with van der Waals surface area (Å²) >= 11 is 0. The van der Waals surface area contributed by atoms with E-state index in [-0.39, 0.29) is 6.04 Å². The maximum Gasteiger partial charge on any atom is 0.323 e. The van der Waals surface area contributed by atoms with Crippen LogP contribution in [0.15, 0.2) is 22.8 Å². The van der Waals surface area contributed by atoms with Gasteiger partial charge in [0, 0.05) is 0 Å². The van der Waals surface area contributed by atoms with Gasteiger partial charge in [-0.2, -0.15) is 0 Å². The predicted molar refractivity (Wildman–Crippen MR) is 51.3 cm³/mol. The van der Waals surface area contributed by atoms with Crippen LogP contribution in [-0.4, -0.2) is 23.7 Å². The molecular formula is C9H12N2O4. The maximum absolute atomic E-state index is 11.1. The lowest BCUT2D eigenvalue weighted by Crippen LogP contribution is -2.39. The molecule has 82 valence electrons. The number of nitrogens with one attached hydrogen (secondary N) is 2. The Bertz CT molecular complexity index is 334. The fourth-order valence-corrected chi connectivity index (χ4v) is 1.01. The summed E-state index contributed by atoms with van der Waals surface area (Å²) in [6, 6.07) is 2.60. The molecule has 1 aromatic heterocycles.